The van der Waals surface area contributed by atoms with Gasteiger partial charge in [0.05, 0.1) is 5.69 Å². The average molecular weight is 212 g/mol. The average Bonchev–Trinajstić information content (AvgIpc) is 2.47. The quantitative estimate of drug-likeness (QED) is 0.756. The number of nitrogens with zero attached hydrogens (tertiary/aromatic N) is 4. The third-order valence-electron chi connectivity index (χ3n) is 2.16. The number of hydrogen-bond acceptors (Lipinski definition) is 4. The molecule has 6 nitrogen and oxygen atoms in total. The van der Waals surface area contributed by atoms with Crippen LogP contribution in [0.25, 0.3) is 0 Å². The van der Waals surface area contributed by atoms with Crippen LogP contribution < -0.4 is 0 Å². The molecule has 0 amide bonds. The van der Waals surface area contributed by atoms with Gasteiger partial charge in [0.2, 0.25) is 0 Å². The van der Waals surface area contributed by atoms with Crippen LogP contribution in [0.4, 0.5) is 0 Å². The van der Waals surface area contributed by atoms with Gasteiger partial charge in [-0.3, -0.25) is 0 Å². The maximum Gasteiger partial charge on any atom is 0.358 e. The minimum atomic E-state index is -1.02. The van der Waals surface area contributed by atoms with Crippen molar-refractivity contribution in [1.82, 2.24) is 19.9 Å². The molecule has 0 aromatic carbocycles. The van der Waals surface area contributed by atoms with E-state index < -0.39 is 5.97 Å². The van der Waals surface area contributed by atoms with Crippen LogP contribution in [-0.2, 0) is 6.54 Å². The van der Waals surface area contributed by atoms with Crippen molar-refractivity contribution in [2.45, 2.75) is 19.9 Å². The fourth-order valence-corrected chi connectivity index (χ4v) is 1.31. The lowest BCUT2D eigenvalue weighted by Crippen LogP contribution is -2.16. The largest absolute Gasteiger partial charge is 0.476 e. The van der Waals surface area contributed by atoms with E-state index in [1.165, 1.54) is 0 Å². The molecule has 1 aromatic heterocycles. The molecule has 0 spiro atoms. The predicted molar refractivity (Wildman–Crippen MR) is 54.9 cm³/mol. The van der Waals surface area contributed by atoms with E-state index >= 15 is 0 Å². The first-order valence-electron chi connectivity index (χ1n) is 4.80. The Balaban J connectivity index is 2.59. The molecule has 0 aliphatic heterocycles. The Kier molecular flexibility index (Phi) is 3.79. The second kappa shape index (κ2) is 4.88. The minimum Gasteiger partial charge on any atom is -0.476 e. The van der Waals surface area contributed by atoms with E-state index in [-0.39, 0.29) is 5.69 Å². The summed E-state index contributed by atoms with van der Waals surface area (Å²) in [5.74, 6) is -1.02. The highest BCUT2D eigenvalue weighted by atomic mass is 16.4. The van der Waals surface area contributed by atoms with Crippen molar-refractivity contribution < 1.29 is 9.90 Å². The van der Waals surface area contributed by atoms with E-state index in [0.717, 1.165) is 13.0 Å². The predicted octanol–water partition coefficient (Wildman–Crippen LogP) is 0.236. The Hall–Kier alpha value is -1.43. The summed E-state index contributed by atoms with van der Waals surface area (Å²) >= 11 is 0. The van der Waals surface area contributed by atoms with Crippen molar-refractivity contribution in [3.63, 3.8) is 0 Å². The zero-order chi connectivity index (χ0) is 11.4. The molecular weight excluding hydrogens is 196 g/mol. The zero-order valence-electron chi connectivity index (χ0n) is 9.27. The third kappa shape index (κ3) is 3.02. The summed E-state index contributed by atoms with van der Waals surface area (Å²) in [7, 11) is 3.99. The monoisotopic (exact) mass is 212 g/mol. The van der Waals surface area contributed by atoms with Gasteiger partial charge in [0.15, 0.2) is 5.69 Å². The molecule has 0 fully saturated rings. The number of carboxylic acid groups (broad SMARTS) is 1. The molecule has 0 saturated heterocycles. The van der Waals surface area contributed by atoms with Crippen LogP contribution >= 0.6 is 0 Å². The molecule has 1 rings (SSSR count). The summed E-state index contributed by atoms with van der Waals surface area (Å²) in [6.45, 7) is 3.37. The molecule has 0 saturated carbocycles. The molecule has 0 unspecified atom stereocenters. The summed E-state index contributed by atoms with van der Waals surface area (Å²) in [6.07, 6.45) is 0.927. The first kappa shape index (κ1) is 11.6. The van der Waals surface area contributed by atoms with Gasteiger partial charge in [0.1, 0.15) is 0 Å². The highest BCUT2D eigenvalue weighted by Gasteiger charge is 2.14. The lowest BCUT2D eigenvalue weighted by molar-refractivity contribution is 0.0689. The molecule has 15 heavy (non-hydrogen) atoms. The van der Waals surface area contributed by atoms with Crippen LogP contribution in [0.2, 0.25) is 0 Å². The molecule has 6 heteroatoms. The number of carboxylic acids is 1. The molecule has 1 N–H and O–H groups in total. The molecule has 0 aliphatic carbocycles. The number of hydrogen-bond donors (Lipinski definition) is 1. The first-order chi connectivity index (χ1) is 7.02. The molecular formula is C9H16N4O2. The van der Waals surface area contributed by atoms with Gasteiger partial charge in [-0.25, -0.2) is 9.48 Å². The molecule has 0 bridgehead atoms. The van der Waals surface area contributed by atoms with E-state index in [1.807, 2.05) is 14.1 Å². The Bertz CT molecular complexity index is 346. The number of rotatable bonds is 5. The van der Waals surface area contributed by atoms with Crippen molar-refractivity contribution in [2.24, 2.45) is 0 Å². The lowest BCUT2D eigenvalue weighted by atomic mass is 10.3. The summed E-state index contributed by atoms with van der Waals surface area (Å²) in [5.41, 5.74) is 0.654. The Morgan fingerprint density at radius 1 is 1.53 bits per heavy atom. The van der Waals surface area contributed by atoms with Crippen molar-refractivity contribution in [1.29, 1.82) is 0 Å². The van der Waals surface area contributed by atoms with Crippen LogP contribution in [0.1, 0.15) is 22.6 Å². The maximum atomic E-state index is 10.7. The van der Waals surface area contributed by atoms with Crippen LogP contribution in [0.3, 0.4) is 0 Å². The smallest absolute Gasteiger partial charge is 0.358 e. The van der Waals surface area contributed by atoms with Gasteiger partial charge in [-0.05, 0) is 34.0 Å². The van der Waals surface area contributed by atoms with Gasteiger partial charge in [0, 0.05) is 6.54 Å². The highest BCUT2D eigenvalue weighted by Crippen LogP contribution is 2.04. The number of aromatic carboxylic acids is 1. The van der Waals surface area contributed by atoms with E-state index in [1.54, 1.807) is 11.6 Å². The number of aryl methyl sites for hydroxylation is 1. The Labute approximate surface area is 88.5 Å². The second-order valence-corrected chi connectivity index (χ2v) is 3.71. The van der Waals surface area contributed by atoms with Crippen molar-refractivity contribution in [3.8, 4) is 0 Å². The summed E-state index contributed by atoms with van der Waals surface area (Å²) < 4.78 is 1.63. The SMILES string of the molecule is Cc1c(C(=O)O)nnn1CCCN(C)C. The fraction of sp³-hybridized carbons (Fsp3) is 0.667. The van der Waals surface area contributed by atoms with Crippen LogP contribution in [-0.4, -0.2) is 51.6 Å². The van der Waals surface area contributed by atoms with Gasteiger partial charge in [0.25, 0.3) is 0 Å². The fourth-order valence-electron chi connectivity index (χ4n) is 1.31. The van der Waals surface area contributed by atoms with Crippen LogP contribution in [0.15, 0.2) is 0 Å². The van der Waals surface area contributed by atoms with Gasteiger partial charge >= 0.3 is 5.97 Å². The Morgan fingerprint density at radius 3 is 2.67 bits per heavy atom. The molecule has 0 atom stereocenters. The summed E-state index contributed by atoms with van der Waals surface area (Å²) in [6, 6.07) is 0. The maximum absolute atomic E-state index is 10.7. The van der Waals surface area contributed by atoms with Gasteiger partial charge < -0.3 is 10.0 Å². The lowest BCUT2D eigenvalue weighted by Gasteiger charge is -2.09. The van der Waals surface area contributed by atoms with E-state index in [2.05, 4.69) is 15.2 Å². The second-order valence-electron chi connectivity index (χ2n) is 3.71. The summed E-state index contributed by atoms with van der Waals surface area (Å²) in [5, 5.41) is 16.2. The van der Waals surface area contributed by atoms with Crippen LogP contribution in [0.5, 0.6) is 0 Å². The van der Waals surface area contributed by atoms with E-state index in [4.69, 9.17) is 5.11 Å². The molecule has 1 heterocycles. The topological polar surface area (TPSA) is 71.2 Å². The van der Waals surface area contributed by atoms with Gasteiger partial charge in [-0.1, -0.05) is 5.21 Å². The molecule has 0 aliphatic rings. The van der Waals surface area contributed by atoms with E-state index in [0.29, 0.717) is 12.2 Å². The van der Waals surface area contributed by atoms with Crippen LogP contribution in [0, 0.1) is 6.92 Å². The normalized spacial score (nSPS) is 10.9. The van der Waals surface area contributed by atoms with Crippen molar-refractivity contribution in [3.05, 3.63) is 11.4 Å². The minimum absolute atomic E-state index is 0.0415. The molecule has 0 radical (unpaired) electrons. The van der Waals surface area contributed by atoms with Crippen molar-refractivity contribution in [2.75, 3.05) is 20.6 Å². The van der Waals surface area contributed by atoms with Crippen molar-refractivity contribution >= 4 is 5.97 Å². The zero-order valence-corrected chi connectivity index (χ0v) is 9.27. The highest BCUT2D eigenvalue weighted by molar-refractivity contribution is 5.86. The summed E-state index contributed by atoms with van der Waals surface area (Å²) in [4.78, 5) is 12.8. The molecule has 1 aromatic rings. The molecule has 84 valence electrons. The van der Waals surface area contributed by atoms with Gasteiger partial charge in [-0.2, -0.15) is 0 Å². The van der Waals surface area contributed by atoms with Gasteiger partial charge in [-0.15, -0.1) is 5.10 Å². The standard InChI is InChI=1S/C9H16N4O2/c1-7-8(9(14)15)10-11-13(7)6-4-5-12(2)3/h4-6H2,1-3H3,(H,14,15). The number of aromatic nitrogens is 3. The Morgan fingerprint density at radius 2 is 2.20 bits per heavy atom. The van der Waals surface area contributed by atoms with E-state index in [9.17, 15) is 4.79 Å². The third-order valence-corrected chi connectivity index (χ3v) is 2.16. The number of carbonyl (C=O) groups is 1. The first-order valence-corrected chi connectivity index (χ1v) is 4.80.